The third-order valence-corrected chi connectivity index (χ3v) is 3.36. The van der Waals surface area contributed by atoms with Crippen molar-refractivity contribution in [3.8, 4) is 5.75 Å². The second-order valence-electron chi connectivity index (χ2n) is 4.44. The van der Waals surface area contributed by atoms with Crippen molar-refractivity contribution in [2.75, 3.05) is 5.32 Å². The van der Waals surface area contributed by atoms with E-state index < -0.39 is 6.61 Å². The van der Waals surface area contributed by atoms with Crippen LogP contribution in [0, 0.1) is 5.82 Å². The first-order valence-electron chi connectivity index (χ1n) is 6.22. The molecule has 21 heavy (non-hydrogen) atoms. The molecule has 0 fully saturated rings. The first-order chi connectivity index (χ1) is 9.95. The molecule has 0 bridgehead atoms. The lowest BCUT2D eigenvalue weighted by Gasteiger charge is -2.17. The molecule has 1 unspecified atom stereocenters. The van der Waals surface area contributed by atoms with E-state index in [1.54, 1.807) is 31.2 Å². The molecule has 2 rings (SSSR count). The molecule has 2 aromatic carbocycles. The molecule has 0 radical (unpaired) electrons. The van der Waals surface area contributed by atoms with E-state index in [0.29, 0.717) is 15.7 Å². The third-order valence-electron chi connectivity index (χ3n) is 2.87. The Morgan fingerprint density at radius 1 is 1.14 bits per heavy atom. The van der Waals surface area contributed by atoms with E-state index in [1.807, 2.05) is 0 Å². The number of nitrogens with one attached hydrogen (secondary N) is 1. The van der Waals surface area contributed by atoms with Crippen LogP contribution >= 0.6 is 15.9 Å². The highest BCUT2D eigenvalue weighted by atomic mass is 79.9. The zero-order valence-electron chi connectivity index (χ0n) is 11.1. The minimum Gasteiger partial charge on any atom is -0.435 e. The quantitative estimate of drug-likeness (QED) is 0.775. The van der Waals surface area contributed by atoms with Crippen LogP contribution in [-0.4, -0.2) is 6.61 Å². The second kappa shape index (κ2) is 6.85. The number of rotatable bonds is 5. The van der Waals surface area contributed by atoms with Crippen LogP contribution in [0.25, 0.3) is 0 Å². The average Bonchev–Trinajstić information content (AvgIpc) is 2.37. The van der Waals surface area contributed by atoms with Crippen LogP contribution < -0.4 is 10.1 Å². The van der Waals surface area contributed by atoms with Gasteiger partial charge in [-0.25, -0.2) is 4.39 Å². The molecule has 1 N–H and O–H groups in total. The fourth-order valence-electron chi connectivity index (χ4n) is 1.94. The number of alkyl halides is 2. The van der Waals surface area contributed by atoms with Crippen molar-refractivity contribution in [2.24, 2.45) is 0 Å². The number of ether oxygens (including phenoxy) is 1. The lowest BCUT2D eigenvalue weighted by Crippen LogP contribution is -2.09. The zero-order valence-corrected chi connectivity index (χ0v) is 12.7. The summed E-state index contributed by atoms with van der Waals surface area (Å²) in [6.45, 7) is -1.09. The summed E-state index contributed by atoms with van der Waals surface area (Å²) in [5, 5.41) is 3.05. The SMILES string of the molecule is CC(Nc1cccc(OC(F)F)c1)c1ccc(Br)cc1F. The highest BCUT2D eigenvalue weighted by molar-refractivity contribution is 9.10. The molecular weight excluding hydrogens is 347 g/mol. The second-order valence-corrected chi connectivity index (χ2v) is 5.35. The summed E-state index contributed by atoms with van der Waals surface area (Å²) >= 11 is 3.20. The minimum absolute atomic E-state index is 0.0541. The van der Waals surface area contributed by atoms with Crippen molar-refractivity contribution in [2.45, 2.75) is 19.6 Å². The smallest absolute Gasteiger partial charge is 0.387 e. The first-order valence-corrected chi connectivity index (χ1v) is 7.01. The number of benzene rings is 2. The highest BCUT2D eigenvalue weighted by Crippen LogP contribution is 2.26. The summed E-state index contributed by atoms with van der Waals surface area (Å²) < 4.78 is 43.2. The van der Waals surface area contributed by atoms with E-state index in [9.17, 15) is 13.2 Å². The van der Waals surface area contributed by atoms with Gasteiger partial charge in [-0.2, -0.15) is 8.78 Å². The van der Waals surface area contributed by atoms with E-state index in [-0.39, 0.29) is 17.6 Å². The highest BCUT2D eigenvalue weighted by Gasteiger charge is 2.12. The maximum absolute atomic E-state index is 13.9. The summed E-state index contributed by atoms with van der Waals surface area (Å²) in [7, 11) is 0. The number of hydrogen-bond acceptors (Lipinski definition) is 2. The Labute approximate surface area is 129 Å². The molecule has 0 aromatic heterocycles. The first kappa shape index (κ1) is 15.7. The van der Waals surface area contributed by atoms with Gasteiger partial charge in [0.15, 0.2) is 0 Å². The summed E-state index contributed by atoms with van der Waals surface area (Å²) in [6.07, 6.45) is 0. The van der Waals surface area contributed by atoms with E-state index in [0.717, 1.165) is 0 Å². The monoisotopic (exact) mass is 359 g/mol. The summed E-state index contributed by atoms with van der Waals surface area (Å²) in [4.78, 5) is 0. The summed E-state index contributed by atoms with van der Waals surface area (Å²) in [5.41, 5.74) is 1.06. The Balaban J connectivity index is 2.13. The molecule has 1 atom stereocenters. The van der Waals surface area contributed by atoms with Crippen molar-refractivity contribution in [3.05, 3.63) is 58.3 Å². The Morgan fingerprint density at radius 3 is 2.57 bits per heavy atom. The molecule has 0 saturated carbocycles. The van der Waals surface area contributed by atoms with Gasteiger partial charge in [-0.3, -0.25) is 0 Å². The maximum Gasteiger partial charge on any atom is 0.387 e. The van der Waals surface area contributed by atoms with Gasteiger partial charge in [0.05, 0.1) is 6.04 Å². The number of anilines is 1. The molecule has 0 amide bonds. The lowest BCUT2D eigenvalue weighted by atomic mass is 10.1. The van der Waals surface area contributed by atoms with Gasteiger partial charge < -0.3 is 10.1 Å². The van der Waals surface area contributed by atoms with Crippen molar-refractivity contribution in [3.63, 3.8) is 0 Å². The standard InChI is InChI=1S/C15H13BrF3NO/c1-9(13-6-5-10(16)7-14(13)17)20-11-3-2-4-12(8-11)21-15(18)19/h2-9,15,20H,1H3. The summed E-state index contributed by atoms with van der Waals surface area (Å²) in [6, 6.07) is 10.6. The topological polar surface area (TPSA) is 21.3 Å². The normalized spacial score (nSPS) is 12.3. The van der Waals surface area contributed by atoms with Gasteiger partial charge >= 0.3 is 6.61 Å². The van der Waals surface area contributed by atoms with Crippen LogP contribution in [0.2, 0.25) is 0 Å². The van der Waals surface area contributed by atoms with Gasteiger partial charge in [0.2, 0.25) is 0 Å². The van der Waals surface area contributed by atoms with E-state index in [1.165, 1.54) is 18.2 Å². The molecule has 2 aromatic rings. The lowest BCUT2D eigenvalue weighted by molar-refractivity contribution is -0.0498. The Hall–Kier alpha value is -1.69. The average molecular weight is 360 g/mol. The number of halogens is 4. The fourth-order valence-corrected chi connectivity index (χ4v) is 2.28. The van der Waals surface area contributed by atoms with Crippen LogP contribution in [0.1, 0.15) is 18.5 Å². The summed E-state index contributed by atoms with van der Waals surface area (Å²) in [5.74, 6) is -0.289. The van der Waals surface area contributed by atoms with Crippen LogP contribution in [0.5, 0.6) is 5.75 Å². The Morgan fingerprint density at radius 2 is 1.90 bits per heavy atom. The van der Waals surface area contributed by atoms with E-state index in [4.69, 9.17) is 0 Å². The van der Waals surface area contributed by atoms with Crippen LogP contribution in [0.4, 0.5) is 18.9 Å². The van der Waals surface area contributed by atoms with E-state index in [2.05, 4.69) is 26.0 Å². The molecule has 2 nitrogen and oxygen atoms in total. The van der Waals surface area contributed by atoms with Gasteiger partial charge in [-0.15, -0.1) is 0 Å². The molecule has 0 aliphatic heterocycles. The predicted molar refractivity (Wildman–Crippen MR) is 79.2 cm³/mol. The molecular formula is C15H13BrF3NO. The number of hydrogen-bond donors (Lipinski definition) is 1. The van der Waals surface area contributed by atoms with Gasteiger partial charge in [-0.1, -0.05) is 28.1 Å². The van der Waals surface area contributed by atoms with E-state index >= 15 is 0 Å². The zero-order chi connectivity index (χ0) is 15.4. The van der Waals surface area contributed by atoms with Crippen molar-refractivity contribution < 1.29 is 17.9 Å². The van der Waals surface area contributed by atoms with Gasteiger partial charge in [0.25, 0.3) is 0 Å². The van der Waals surface area contributed by atoms with Gasteiger partial charge in [-0.05, 0) is 31.2 Å². The molecule has 6 heteroatoms. The maximum atomic E-state index is 13.9. The molecule has 0 spiro atoms. The molecule has 0 aliphatic carbocycles. The van der Waals surface area contributed by atoms with Crippen molar-refractivity contribution >= 4 is 21.6 Å². The molecule has 0 heterocycles. The molecule has 112 valence electrons. The molecule has 0 aliphatic rings. The van der Waals surface area contributed by atoms with Crippen molar-refractivity contribution in [1.82, 2.24) is 0 Å². The minimum atomic E-state index is -2.87. The predicted octanol–water partition coefficient (Wildman–Crippen LogP) is 5.36. The van der Waals surface area contributed by atoms with Gasteiger partial charge in [0.1, 0.15) is 11.6 Å². The Bertz CT molecular complexity index is 622. The Kier molecular flexibility index (Phi) is 5.12. The molecule has 0 saturated heterocycles. The largest absolute Gasteiger partial charge is 0.435 e. The van der Waals surface area contributed by atoms with Crippen LogP contribution in [-0.2, 0) is 0 Å². The van der Waals surface area contributed by atoms with Crippen molar-refractivity contribution in [1.29, 1.82) is 0 Å². The van der Waals surface area contributed by atoms with Crippen LogP contribution in [0.3, 0.4) is 0 Å². The van der Waals surface area contributed by atoms with Gasteiger partial charge in [0, 0.05) is 21.8 Å². The van der Waals surface area contributed by atoms with Crippen LogP contribution in [0.15, 0.2) is 46.9 Å². The third kappa shape index (κ3) is 4.39. The fraction of sp³-hybridized carbons (Fsp3) is 0.200.